The molecule has 2 bridgehead atoms. The maximum Gasteiger partial charge on any atom is 0.223 e. The number of halogens is 2. The van der Waals surface area contributed by atoms with Crippen LogP contribution in [0.5, 0.6) is 0 Å². The highest BCUT2D eigenvalue weighted by Gasteiger charge is 2.34. The van der Waals surface area contributed by atoms with Gasteiger partial charge in [-0.15, -0.1) is 12.4 Å². The topological polar surface area (TPSA) is 32.3 Å². The molecule has 2 aliphatic heterocycles. The van der Waals surface area contributed by atoms with Gasteiger partial charge in [-0.2, -0.15) is 0 Å². The van der Waals surface area contributed by atoms with Gasteiger partial charge >= 0.3 is 0 Å². The molecule has 0 aliphatic carbocycles. The number of carbonyl (C=O) groups is 1. The highest BCUT2D eigenvalue weighted by Crippen LogP contribution is 2.33. The molecule has 2 heterocycles. The van der Waals surface area contributed by atoms with Gasteiger partial charge in [-0.05, 0) is 49.7 Å². The summed E-state index contributed by atoms with van der Waals surface area (Å²) in [6.07, 6.45) is 7.75. The number of rotatable bonds is 7. The molecule has 1 aromatic carbocycles. The van der Waals surface area contributed by atoms with Crippen LogP contribution in [0.2, 0.25) is 5.02 Å². The summed E-state index contributed by atoms with van der Waals surface area (Å²) >= 11 is 6.30. The fraction of sp³-hybridized carbons (Fsp3) is 0.650. The summed E-state index contributed by atoms with van der Waals surface area (Å²) in [6, 6.07) is 9.16. The van der Waals surface area contributed by atoms with Gasteiger partial charge in [0.1, 0.15) is 0 Å². The van der Waals surface area contributed by atoms with Crippen LogP contribution in [-0.2, 0) is 11.3 Å². The van der Waals surface area contributed by atoms with Crippen LogP contribution < -0.4 is 5.32 Å². The molecule has 0 radical (unpaired) electrons. The van der Waals surface area contributed by atoms with Crippen LogP contribution in [0.4, 0.5) is 0 Å². The minimum Gasteiger partial charge on any atom is -0.338 e. The summed E-state index contributed by atoms with van der Waals surface area (Å²) in [5.41, 5.74) is 1.05. The molecule has 1 aromatic rings. The summed E-state index contributed by atoms with van der Waals surface area (Å²) in [7, 11) is 0. The summed E-state index contributed by atoms with van der Waals surface area (Å²) in [5.74, 6) is 0.848. The number of amides is 1. The van der Waals surface area contributed by atoms with Gasteiger partial charge in [-0.25, -0.2) is 0 Å². The quantitative estimate of drug-likeness (QED) is 0.731. The molecule has 2 unspecified atom stereocenters. The van der Waals surface area contributed by atoms with Crippen molar-refractivity contribution < 1.29 is 4.79 Å². The Morgan fingerprint density at radius 2 is 1.92 bits per heavy atom. The minimum atomic E-state index is 0. The summed E-state index contributed by atoms with van der Waals surface area (Å²) in [5, 5.41) is 4.42. The second-order valence-electron chi connectivity index (χ2n) is 7.44. The Bertz CT molecular complexity index is 554. The van der Waals surface area contributed by atoms with Crippen LogP contribution in [0.3, 0.4) is 0 Å². The van der Waals surface area contributed by atoms with Crippen LogP contribution in [0.1, 0.15) is 57.4 Å². The van der Waals surface area contributed by atoms with Crippen molar-refractivity contribution in [2.75, 3.05) is 6.54 Å². The molecule has 0 spiro atoms. The van der Waals surface area contributed by atoms with E-state index in [1.54, 1.807) is 0 Å². The van der Waals surface area contributed by atoms with Crippen molar-refractivity contribution in [2.24, 2.45) is 5.92 Å². The molecule has 3 rings (SSSR count). The zero-order valence-electron chi connectivity index (χ0n) is 15.0. The summed E-state index contributed by atoms with van der Waals surface area (Å²) in [4.78, 5) is 15.0. The van der Waals surface area contributed by atoms with Crippen LogP contribution in [-0.4, -0.2) is 29.4 Å². The Morgan fingerprint density at radius 3 is 2.56 bits per heavy atom. The molecule has 1 amide bonds. The Labute approximate surface area is 162 Å². The van der Waals surface area contributed by atoms with E-state index in [2.05, 4.69) is 12.2 Å². The average Bonchev–Trinajstić information content (AvgIpc) is 2.91. The molecule has 25 heavy (non-hydrogen) atoms. The molecule has 140 valence electrons. The molecule has 2 fully saturated rings. The van der Waals surface area contributed by atoms with E-state index >= 15 is 0 Å². The molecule has 5 heteroatoms. The highest BCUT2D eigenvalue weighted by molar-refractivity contribution is 6.31. The molecule has 0 aromatic heterocycles. The van der Waals surface area contributed by atoms with Gasteiger partial charge in [-0.3, -0.25) is 4.79 Å². The third-order valence-corrected chi connectivity index (χ3v) is 5.86. The van der Waals surface area contributed by atoms with E-state index in [-0.39, 0.29) is 12.4 Å². The van der Waals surface area contributed by atoms with Crippen LogP contribution in [0.25, 0.3) is 0 Å². The molecule has 3 nitrogen and oxygen atoms in total. The second-order valence-corrected chi connectivity index (χ2v) is 7.85. The summed E-state index contributed by atoms with van der Waals surface area (Å²) < 4.78 is 0. The van der Waals surface area contributed by atoms with E-state index in [0.717, 1.165) is 42.8 Å². The van der Waals surface area contributed by atoms with Crippen LogP contribution in [0, 0.1) is 5.92 Å². The average molecular weight is 385 g/mol. The third kappa shape index (κ3) is 5.60. The van der Waals surface area contributed by atoms with Crippen molar-refractivity contribution in [1.29, 1.82) is 0 Å². The van der Waals surface area contributed by atoms with Crippen molar-refractivity contribution in [1.82, 2.24) is 10.2 Å². The number of piperidine rings is 1. The van der Waals surface area contributed by atoms with E-state index < -0.39 is 0 Å². The number of nitrogens with zero attached hydrogens (tertiary/aromatic N) is 1. The first-order valence-corrected chi connectivity index (χ1v) is 9.80. The third-order valence-electron chi connectivity index (χ3n) is 5.49. The van der Waals surface area contributed by atoms with Gasteiger partial charge in [0.15, 0.2) is 0 Å². The Hall–Kier alpha value is -0.770. The molecule has 2 saturated heterocycles. The fourth-order valence-corrected chi connectivity index (χ4v) is 4.39. The molecule has 0 saturated carbocycles. The van der Waals surface area contributed by atoms with Gasteiger partial charge in [0.2, 0.25) is 5.91 Å². The molecular weight excluding hydrogens is 355 g/mol. The number of benzene rings is 1. The van der Waals surface area contributed by atoms with Crippen molar-refractivity contribution >= 4 is 29.9 Å². The van der Waals surface area contributed by atoms with E-state index in [4.69, 9.17) is 11.6 Å². The zero-order valence-corrected chi connectivity index (χ0v) is 16.6. The predicted octanol–water partition coefficient (Wildman–Crippen LogP) is 4.81. The lowest BCUT2D eigenvalue weighted by molar-refractivity contribution is -0.133. The molecular formula is C20H30Cl2N2O. The van der Waals surface area contributed by atoms with E-state index in [9.17, 15) is 4.79 Å². The lowest BCUT2D eigenvalue weighted by Crippen LogP contribution is -2.40. The maximum absolute atomic E-state index is 12.9. The Morgan fingerprint density at radius 1 is 1.24 bits per heavy atom. The van der Waals surface area contributed by atoms with Gasteiger partial charge in [0.05, 0.1) is 0 Å². The standard InChI is InChI=1S/C20H29ClN2O.ClH/c1-2-3-10-23(14-16-6-4-5-7-19(16)21)20(24)13-15-11-17-8-9-18(12-15)22-17;/h4-7,15,17-18,22H,2-3,8-14H2,1H3;1H. The van der Waals surface area contributed by atoms with Crippen molar-refractivity contribution in [2.45, 2.75) is 70.5 Å². The first-order chi connectivity index (χ1) is 11.7. The number of hydrogen-bond acceptors (Lipinski definition) is 2. The lowest BCUT2D eigenvalue weighted by Gasteiger charge is -2.31. The zero-order chi connectivity index (χ0) is 16.9. The molecule has 1 N–H and O–H groups in total. The molecule has 2 aliphatic rings. The van der Waals surface area contributed by atoms with Crippen molar-refractivity contribution in [3.63, 3.8) is 0 Å². The van der Waals surface area contributed by atoms with Crippen LogP contribution in [0.15, 0.2) is 24.3 Å². The number of nitrogens with one attached hydrogen (secondary N) is 1. The smallest absolute Gasteiger partial charge is 0.223 e. The number of fused-ring (bicyclic) bond motifs is 2. The normalized spacial score (nSPS) is 24.6. The van der Waals surface area contributed by atoms with Crippen molar-refractivity contribution in [3.8, 4) is 0 Å². The van der Waals surface area contributed by atoms with Crippen molar-refractivity contribution in [3.05, 3.63) is 34.9 Å². The monoisotopic (exact) mass is 384 g/mol. The fourth-order valence-electron chi connectivity index (χ4n) is 4.19. The number of hydrogen-bond donors (Lipinski definition) is 1. The number of unbranched alkanes of at least 4 members (excludes halogenated alkanes) is 1. The van der Waals surface area contributed by atoms with Gasteiger partial charge in [-0.1, -0.05) is 43.1 Å². The largest absolute Gasteiger partial charge is 0.338 e. The Kier molecular flexibility index (Phi) is 8.05. The second kappa shape index (κ2) is 9.80. The number of carbonyl (C=O) groups excluding carboxylic acids is 1. The lowest BCUT2D eigenvalue weighted by atomic mass is 9.89. The van der Waals surface area contributed by atoms with Crippen LogP contribution >= 0.6 is 24.0 Å². The predicted molar refractivity (Wildman–Crippen MR) is 106 cm³/mol. The molecule has 2 atom stereocenters. The van der Waals surface area contributed by atoms with E-state index in [1.165, 1.54) is 12.8 Å². The summed E-state index contributed by atoms with van der Waals surface area (Å²) in [6.45, 7) is 3.64. The Balaban J connectivity index is 0.00000225. The van der Waals surface area contributed by atoms with Gasteiger partial charge < -0.3 is 10.2 Å². The van der Waals surface area contributed by atoms with Gasteiger partial charge in [0, 0.05) is 36.6 Å². The SMILES string of the molecule is CCCCN(Cc1ccccc1Cl)C(=O)CC1CC2CCC(C1)N2.Cl. The van der Waals surface area contributed by atoms with Gasteiger partial charge in [0.25, 0.3) is 0 Å². The first kappa shape index (κ1) is 20.5. The van der Waals surface area contributed by atoms with E-state index in [1.807, 2.05) is 29.2 Å². The maximum atomic E-state index is 12.9. The van der Waals surface area contributed by atoms with E-state index in [0.29, 0.717) is 36.9 Å². The minimum absolute atomic E-state index is 0. The first-order valence-electron chi connectivity index (χ1n) is 9.43. The highest BCUT2D eigenvalue weighted by atomic mass is 35.5.